The molecule has 4 rings (SSSR count). The van der Waals surface area contributed by atoms with Gasteiger partial charge in [0, 0.05) is 11.3 Å². The minimum atomic E-state index is -0.341. The van der Waals surface area contributed by atoms with E-state index in [2.05, 4.69) is 10.1 Å². The highest BCUT2D eigenvalue weighted by Gasteiger charge is 2.18. The zero-order valence-electron chi connectivity index (χ0n) is 13.0. The third kappa shape index (κ3) is 2.18. The van der Waals surface area contributed by atoms with E-state index in [1.165, 1.54) is 7.11 Å². The minimum Gasteiger partial charge on any atom is -0.468 e. The first-order valence-corrected chi connectivity index (χ1v) is 7.44. The van der Waals surface area contributed by atoms with Crippen LogP contribution < -0.4 is 5.73 Å². The number of carbonyl (C=O) groups is 1. The molecule has 0 aliphatic heterocycles. The molecule has 120 valence electrons. The first-order chi connectivity index (χ1) is 11.7. The molecular weight excluding hydrogens is 306 g/mol. The van der Waals surface area contributed by atoms with Crippen molar-refractivity contribution in [2.45, 2.75) is 6.54 Å². The van der Waals surface area contributed by atoms with Gasteiger partial charge in [0.1, 0.15) is 6.54 Å². The lowest BCUT2D eigenvalue weighted by atomic mass is 10.2. The fraction of sp³-hybridized carbons (Fsp3) is 0.118. The van der Waals surface area contributed by atoms with Crippen molar-refractivity contribution in [1.29, 1.82) is 0 Å². The third-order valence-corrected chi connectivity index (χ3v) is 3.89. The van der Waals surface area contributed by atoms with Gasteiger partial charge < -0.3 is 10.5 Å². The second-order valence-electron chi connectivity index (χ2n) is 5.42. The van der Waals surface area contributed by atoms with Gasteiger partial charge in [0.2, 0.25) is 5.78 Å². The first-order valence-electron chi connectivity index (χ1n) is 7.44. The predicted octanol–water partition coefficient (Wildman–Crippen LogP) is 2.11. The van der Waals surface area contributed by atoms with Crippen LogP contribution in [0.5, 0.6) is 0 Å². The molecule has 0 aliphatic carbocycles. The Morgan fingerprint density at radius 3 is 2.71 bits per heavy atom. The maximum absolute atomic E-state index is 11.8. The molecule has 0 radical (unpaired) electrons. The number of benzene rings is 2. The van der Waals surface area contributed by atoms with Gasteiger partial charge in [-0.1, -0.05) is 24.3 Å². The normalized spacial score (nSPS) is 11.2. The number of imidazole rings is 1. The standard InChI is InChI=1S/C17H15N5O2/c1-24-15(23)10-21-13-7-2-3-8-14(13)22-17(21)19-16(20-22)11-5-4-6-12(18)9-11/h2-9H,10,18H2,1H3. The Hall–Kier alpha value is -3.35. The fourth-order valence-corrected chi connectivity index (χ4v) is 2.77. The molecule has 0 amide bonds. The molecular formula is C17H15N5O2. The van der Waals surface area contributed by atoms with Crippen LogP contribution in [0.3, 0.4) is 0 Å². The van der Waals surface area contributed by atoms with Crippen LogP contribution >= 0.6 is 0 Å². The van der Waals surface area contributed by atoms with E-state index in [9.17, 15) is 4.79 Å². The van der Waals surface area contributed by atoms with Crippen molar-refractivity contribution in [2.24, 2.45) is 0 Å². The van der Waals surface area contributed by atoms with E-state index in [1.807, 2.05) is 48.5 Å². The Kier molecular flexibility index (Phi) is 3.19. The number of carbonyl (C=O) groups excluding carboxylic acids is 1. The summed E-state index contributed by atoms with van der Waals surface area (Å²) in [6.07, 6.45) is 0. The molecule has 4 aromatic rings. The van der Waals surface area contributed by atoms with E-state index >= 15 is 0 Å². The number of hydrogen-bond donors (Lipinski definition) is 1. The van der Waals surface area contributed by atoms with Gasteiger partial charge in [-0.15, -0.1) is 5.10 Å². The van der Waals surface area contributed by atoms with Crippen LogP contribution in [-0.2, 0) is 16.1 Å². The van der Waals surface area contributed by atoms with Gasteiger partial charge >= 0.3 is 5.97 Å². The van der Waals surface area contributed by atoms with Crippen molar-refractivity contribution in [3.63, 3.8) is 0 Å². The molecule has 7 nitrogen and oxygen atoms in total. The molecule has 0 fully saturated rings. The zero-order valence-corrected chi connectivity index (χ0v) is 13.0. The second kappa shape index (κ2) is 5.38. The van der Waals surface area contributed by atoms with E-state index < -0.39 is 0 Å². The average Bonchev–Trinajstić information content (AvgIpc) is 3.14. The van der Waals surface area contributed by atoms with Crippen LogP contribution in [0.1, 0.15) is 0 Å². The predicted molar refractivity (Wildman–Crippen MR) is 90.3 cm³/mol. The molecule has 0 atom stereocenters. The monoisotopic (exact) mass is 321 g/mol. The van der Waals surface area contributed by atoms with Gasteiger partial charge in [-0.05, 0) is 24.3 Å². The van der Waals surface area contributed by atoms with Gasteiger partial charge in [-0.3, -0.25) is 9.36 Å². The summed E-state index contributed by atoms with van der Waals surface area (Å²) >= 11 is 0. The molecule has 7 heteroatoms. The van der Waals surface area contributed by atoms with Gasteiger partial charge in [-0.2, -0.15) is 9.50 Å². The number of para-hydroxylation sites is 2. The number of nitrogen functional groups attached to an aromatic ring is 1. The average molecular weight is 321 g/mol. The van der Waals surface area contributed by atoms with Gasteiger partial charge in [-0.25, -0.2) is 0 Å². The van der Waals surface area contributed by atoms with Crippen molar-refractivity contribution in [2.75, 3.05) is 12.8 Å². The summed E-state index contributed by atoms with van der Waals surface area (Å²) in [5, 5.41) is 4.58. The fourth-order valence-electron chi connectivity index (χ4n) is 2.77. The first kappa shape index (κ1) is 14.3. The van der Waals surface area contributed by atoms with E-state index in [4.69, 9.17) is 10.5 Å². The topological polar surface area (TPSA) is 87.4 Å². The summed E-state index contributed by atoms with van der Waals surface area (Å²) in [4.78, 5) is 16.4. The summed E-state index contributed by atoms with van der Waals surface area (Å²) in [7, 11) is 1.37. The number of ether oxygens (including phenoxy) is 1. The van der Waals surface area contributed by atoms with Gasteiger partial charge in [0.25, 0.3) is 0 Å². The lowest BCUT2D eigenvalue weighted by Gasteiger charge is -2.03. The number of esters is 1. The molecule has 2 heterocycles. The highest BCUT2D eigenvalue weighted by atomic mass is 16.5. The van der Waals surface area contributed by atoms with Crippen LogP contribution in [0.25, 0.3) is 28.2 Å². The lowest BCUT2D eigenvalue weighted by molar-refractivity contribution is -0.141. The zero-order chi connectivity index (χ0) is 16.7. The highest BCUT2D eigenvalue weighted by molar-refractivity contribution is 5.83. The molecule has 2 aromatic heterocycles. The van der Waals surface area contributed by atoms with E-state index in [1.54, 1.807) is 9.08 Å². The molecule has 0 saturated carbocycles. The summed E-state index contributed by atoms with van der Waals surface area (Å²) in [5.41, 5.74) is 9.06. The smallest absolute Gasteiger partial charge is 0.325 e. The minimum absolute atomic E-state index is 0.0720. The van der Waals surface area contributed by atoms with Crippen molar-refractivity contribution in [3.8, 4) is 11.4 Å². The number of anilines is 1. The Balaban J connectivity index is 1.96. The van der Waals surface area contributed by atoms with Crippen molar-refractivity contribution in [3.05, 3.63) is 48.5 Å². The van der Waals surface area contributed by atoms with Crippen molar-refractivity contribution < 1.29 is 9.53 Å². The highest BCUT2D eigenvalue weighted by Crippen LogP contribution is 2.24. The number of nitrogens with two attached hydrogens (primary N) is 1. The quantitative estimate of drug-likeness (QED) is 0.461. The molecule has 24 heavy (non-hydrogen) atoms. The van der Waals surface area contributed by atoms with E-state index in [0.29, 0.717) is 17.3 Å². The van der Waals surface area contributed by atoms with Crippen LogP contribution in [0.2, 0.25) is 0 Å². The number of hydrogen-bond acceptors (Lipinski definition) is 5. The van der Waals surface area contributed by atoms with Gasteiger partial charge in [0.05, 0.1) is 18.1 Å². The van der Waals surface area contributed by atoms with Crippen LogP contribution in [0.4, 0.5) is 5.69 Å². The summed E-state index contributed by atoms with van der Waals surface area (Å²) < 4.78 is 8.32. The molecule has 0 bridgehead atoms. The van der Waals surface area contributed by atoms with E-state index in [-0.39, 0.29) is 12.5 Å². The lowest BCUT2D eigenvalue weighted by Crippen LogP contribution is -2.11. The Morgan fingerprint density at radius 2 is 1.96 bits per heavy atom. The van der Waals surface area contributed by atoms with Crippen LogP contribution in [0.15, 0.2) is 48.5 Å². The molecule has 0 unspecified atom stereocenters. The second-order valence-corrected chi connectivity index (χ2v) is 5.42. The molecule has 0 saturated heterocycles. The number of fused-ring (bicyclic) bond motifs is 3. The summed E-state index contributed by atoms with van der Waals surface area (Å²) in [6, 6.07) is 15.1. The molecule has 2 N–H and O–H groups in total. The number of nitrogens with zero attached hydrogens (tertiary/aromatic N) is 4. The SMILES string of the molecule is COC(=O)Cn1c2ccccc2n2nc(-c3cccc(N)c3)nc12. The third-order valence-electron chi connectivity index (χ3n) is 3.89. The van der Waals surface area contributed by atoms with Crippen LogP contribution in [0, 0.1) is 0 Å². The van der Waals surface area contributed by atoms with Crippen molar-refractivity contribution >= 4 is 28.5 Å². The summed E-state index contributed by atoms with van der Waals surface area (Å²) in [5.74, 6) is 0.799. The van der Waals surface area contributed by atoms with E-state index in [0.717, 1.165) is 16.6 Å². The van der Waals surface area contributed by atoms with Crippen LogP contribution in [-0.4, -0.2) is 32.2 Å². The summed E-state index contributed by atoms with van der Waals surface area (Å²) in [6.45, 7) is 0.0720. The van der Waals surface area contributed by atoms with Gasteiger partial charge in [0.15, 0.2) is 5.82 Å². The number of rotatable bonds is 3. The largest absolute Gasteiger partial charge is 0.468 e. The number of methoxy groups -OCH3 is 1. The molecule has 2 aromatic carbocycles. The van der Waals surface area contributed by atoms with Crippen molar-refractivity contribution in [1.82, 2.24) is 19.2 Å². The maximum atomic E-state index is 11.8. The Bertz CT molecular complexity index is 1060. The number of aromatic nitrogens is 4. The maximum Gasteiger partial charge on any atom is 0.325 e. The molecule has 0 aliphatic rings. The Morgan fingerprint density at radius 1 is 1.17 bits per heavy atom. The Labute approximate surface area is 137 Å². The molecule has 0 spiro atoms.